The van der Waals surface area contributed by atoms with Crippen LogP contribution in [0, 0.1) is 39.4 Å². The number of hydrogen-bond donors (Lipinski definition) is 0. The Balaban J connectivity index is 1.74. The zero-order valence-electron chi connectivity index (χ0n) is 19.7. The summed E-state index contributed by atoms with van der Waals surface area (Å²) in [5, 5.41) is 0. The Hall–Kier alpha value is -1.18. The number of hydrogen-bond acceptors (Lipinski definition) is 2. The van der Waals surface area contributed by atoms with E-state index in [1.165, 1.54) is 12.8 Å². The third-order valence-corrected chi connectivity index (χ3v) is 10.3. The molecule has 29 heavy (non-hydrogen) atoms. The summed E-state index contributed by atoms with van der Waals surface area (Å²) >= 11 is 0. The van der Waals surface area contributed by atoms with Crippen LogP contribution in [0.3, 0.4) is 0 Å². The second kappa shape index (κ2) is 6.41. The fraction of sp³-hybridized carbons (Fsp3) is 0.778. The monoisotopic (exact) mass is 396 g/mol. The Labute approximate surface area is 177 Å². The van der Waals surface area contributed by atoms with Gasteiger partial charge in [0.15, 0.2) is 0 Å². The first-order valence-corrected chi connectivity index (χ1v) is 11.8. The lowest BCUT2D eigenvalue weighted by Gasteiger charge is -2.59. The summed E-state index contributed by atoms with van der Waals surface area (Å²) in [5.74, 6) is 2.17. The minimum absolute atomic E-state index is 0.131. The van der Waals surface area contributed by atoms with Crippen LogP contribution in [-0.2, 0) is 9.59 Å². The average Bonchev–Trinajstić information content (AvgIpc) is 2.91. The Bertz CT molecular complexity index is 814. The number of fused-ring (bicyclic) bond motifs is 5. The van der Waals surface area contributed by atoms with Crippen molar-refractivity contribution in [3.63, 3.8) is 0 Å². The van der Waals surface area contributed by atoms with Crippen molar-refractivity contribution >= 4 is 11.6 Å². The number of Topliss-reactive ketones (excluding diaryl/α,β-unsaturated/α-hetero) is 2. The maximum absolute atomic E-state index is 12.7. The van der Waals surface area contributed by atoms with Crippen molar-refractivity contribution in [1.29, 1.82) is 0 Å². The van der Waals surface area contributed by atoms with Gasteiger partial charge in [0, 0.05) is 23.7 Å². The SMILES string of the molecule is CC(=O)C[C@@H](C)[C@]1(C)CC[C@@]2(C)C3=CC[C@H]4C(C)(C)C(=O)CC[C@]4(C)[C@@H]3CC=C21. The van der Waals surface area contributed by atoms with Crippen LogP contribution in [0.4, 0.5) is 0 Å². The van der Waals surface area contributed by atoms with Gasteiger partial charge >= 0.3 is 0 Å². The number of allylic oxidation sites excluding steroid dienone is 4. The summed E-state index contributed by atoms with van der Waals surface area (Å²) < 4.78 is 0. The van der Waals surface area contributed by atoms with Crippen LogP contribution in [0.5, 0.6) is 0 Å². The molecule has 2 fully saturated rings. The van der Waals surface area contributed by atoms with E-state index in [1.807, 2.05) is 0 Å². The first-order valence-electron chi connectivity index (χ1n) is 11.8. The van der Waals surface area contributed by atoms with Gasteiger partial charge < -0.3 is 4.79 Å². The third kappa shape index (κ3) is 2.73. The van der Waals surface area contributed by atoms with E-state index in [4.69, 9.17) is 0 Å². The minimum Gasteiger partial charge on any atom is -0.300 e. The lowest BCUT2D eigenvalue weighted by atomic mass is 9.44. The Morgan fingerprint density at radius 3 is 2.41 bits per heavy atom. The summed E-state index contributed by atoms with van der Waals surface area (Å²) in [6.45, 7) is 15.8. The van der Waals surface area contributed by atoms with E-state index >= 15 is 0 Å². The van der Waals surface area contributed by atoms with Gasteiger partial charge in [-0.3, -0.25) is 4.79 Å². The predicted molar refractivity (Wildman–Crippen MR) is 118 cm³/mol. The molecule has 2 nitrogen and oxygen atoms in total. The van der Waals surface area contributed by atoms with Crippen LogP contribution in [0.1, 0.15) is 93.4 Å². The summed E-state index contributed by atoms with van der Waals surface area (Å²) in [7, 11) is 0. The standard InChI is InChI=1S/C27H40O2/c1-17(16-18(2)28)25(5)14-15-27(7)20-8-10-21-24(3,4)23(29)12-13-26(21,6)19(20)9-11-22(25)27/h8,11,17,19,21H,9-10,12-16H2,1-7H3/t17-,19-,21+,25+,26-,27+/m1/s1. The maximum Gasteiger partial charge on any atom is 0.138 e. The van der Waals surface area contributed by atoms with E-state index in [9.17, 15) is 9.59 Å². The van der Waals surface area contributed by atoms with E-state index in [0.717, 1.165) is 25.7 Å². The first kappa shape index (κ1) is 21.1. The molecule has 0 unspecified atom stereocenters. The van der Waals surface area contributed by atoms with E-state index in [0.29, 0.717) is 35.7 Å². The van der Waals surface area contributed by atoms with Crippen molar-refractivity contribution in [3.8, 4) is 0 Å². The van der Waals surface area contributed by atoms with Gasteiger partial charge in [-0.2, -0.15) is 0 Å². The highest BCUT2D eigenvalue weighted by molar-refractivity contribution is 5.85. The number of ketones is 2. The highest BCUT2D eigenvalue weighted by Crippen LogP contribution is 2.69. The van der Waals surface area contributed by atoms with Crippen LogP contribution < -0.4 is 0 Å². The van der Waals surface area contributed by atoms with Crippen molar-refractivity contribution in [2.24, 2.45) is 39.4 Å². The number of carbonyl (C=O) groups excluding carboxylic acids is 2. The van der Waals surface area contributed by atoms with Gasteiger partial charge in [-0.25, -0.2) is 0 Å². The maximum atomic E-state index is 12.7. The van der Waals surface area contributed by atoms with E-state index in [2.05, 4.69) is 53.7 Å². The van der Waals surface area contributed by atoms with Crippen LogP contribution in [0.2, 0.25) is 0 Å². The fourth-order valence-corrected chi connectivity index (χ4v) is 8.20. The van der Waals surface area contributed by atoms with Crippen LogP contribution >= 0.6 is 0 Å². The highest BCUT2D eigenvalue weighted by atomic mass is 16.1. The molecule has 0 aromatic rings. The highest BCUT2D eigenvalue weighted by Gasteiger charge is 2.61. The van der Waals surface area contributed by atoms with Gasteiger partial charge in [-0.05, 0) is 67.6 Å². The second-order valence-corrected chi connectivity index (χ2v) is 12.1. The van der Waals surface area contributed by atoms with Crippen LogP contribution in [0.15, 0.2) is 23.3 Å². The molecule has 6 atom stereocenters. The normalized spacial score (nSPS) is 44.2. The van der Waals surface area contributed by atoms with Crippen LogP contribution in [-0.4, -0.2) is 11.6 Å². The zero-order valence-corrected chi connectivity index (χ0v) is 19.7. The first-order chi connectivity index (χ1) is 13.4. The lowest BCUT2D eigenvalue weighted by molar-refractivity contribution is -0.143. The van der Waals surface area contributed by atoms with Crippen molar-refractivity contribution < 1.29 is 9.59 Å². The van der Waals surface area contributed by atoms with Gasteiger partial charge in [0.2, 0.25) is 0 Å². The summed E-state index contributed by atoms with van der Waals surface area (Å²) in [4.78, 5) is 24.6. The predicted octanol–water partition coefficient (Wildman–Crippen LogP) is 6.70. The molecule has 0 aliphatic heterocycles. The molecule has 0 N–H and O–H groups in total. The number of carbonyl (C=O) groups is 2. The molecule has 0 heterocycles. The molecule has 0 amide bonds. The largest absolute Gasteiger partial charge is 0.300 e. The zero-order chi connectivity index (χ0) is 21.4. The van der Waals surface area contributed by atoms with Crippen molar-refractivity contribution in [1.82, 2.24) is 0 Å². The fourth-order valence-electron chi connectivity index (χ4n) is 8.20. The molecule has 0 spiro atoms. The van der Waals surface area contributed by atoms with Crippen LogP contribution in [0.25, 0.3) is 0 Å². The molecule has 2 saturated carbocycles. The summed E-state index contributed by atoms with van der Waals surface area (Å²) in [5.41, 5.74) is 3.55. The Morgan fingerprint density at radius 1 is 1.07 bits per heavy atom. The Kier molecular flexibility index (Phi) is 4.66. The Morgan fingerprint density at radius 2 is 1.76 bits per heavy atom. The molecular weight excluding hydrogens is 356 g/mol. The van der Waals surface area contributed by atoms with Crippen molar-refractivity contribution in [3.05, 3.63) is 23.3 Å². The van der Waals surface area contributed by atoms with Gasteiger partial charge in [0.25, 0.3) is 0 Å². The molecule has 4 rings (SSSR count). The van der Waals surface area contributed by atoms with E-state index < -0.39 is 0 Å². The molecule has 0 bridgehead atoms. The van der Waals surface area contributed by atoms with Crippen molar-refractivity contribution in [2.75, 3.05) is 0 Å². The molecule has 0 aromatic carbocycles. The van der Waals surface area contributed by atoms with Crippen molar-refractivity contribution in [2.45, 2.75) is 93.4 Å². The topological polar surface area (TPSA) is 34.1 Å². The van der Waals surface area contributed by atoms with Gasteiger partial charge in [0.1, 0.15) is 11.6 Å². The van der Waals surface area contributed by atoms with E-state index in [1.54, 1.807) is 18.1 Å². The molecule has 160 valence electrons. The van der Waals surface area contributed by atoms with Gasteiger partial charge in [-0.1, -0.05) is 64.8 Å². The van der Waals surface area contributed by atoms with Gasteiger partial charge in [-0.15, -0.1) is 0 Å². The second-order valence-electron chi connectivity index (χ2n) is 12.1. The molecule has 0 saturated heterocycles. The summed E-state index contributed by atoms with van der Waals surface area (Å²) in [6.07, 6.45) is 12.1. The molecule has 4 aliphatic carbocycles. The molecule has 4 aliphatic rings. The van der Waals surface area contributed by atoms with E-state index in [-0.39, 0.29) is 21.7 Å². The molecule has 2 heteroatoms. The average molecular weight is 397 g/mol. The minimum atomic E-state index is -0.208. The molecular formula is C27H40O2. The smallest absolute Gasteiger partial charge is 0.138 e. The molecule has 0 radical (unpaired) electrons. The quantitative estimate of drug-likeness (QED) is 0.498. The third-order valence-electron chi connectivity index (χ3n) is 10.3. The van der Waals surface area contributed by atoms with Gasteiger partial charge in [0.05, 0.1) is 0 Å². The number of rotatable bonds is 3. The summed E-state index contributed by atoms with van der Waals surface area (Å²) in [6, 6.07) is 0. The molecule has 0 aromatic heterocycles. The lowest BCUT2D eigenvalue weighted by Crippen LogP contribution is -2.54.